The van der Waals surface area contributed by atoms with Crippen molar-refractivity contribution in [2.24, 2.45) is 29.4 Å². The van der Waals surface area contributed by atoms with E-state index in [4.69, 9.17) is 5.73 Å². The van der Waals surface area contributed by atoms with Gasteiger partial charge in [-0.15, -0.1) is 0 Å². The van der Waals surface area contributed by atoms with Crippen LogP contribution in [0.3, 0.4) is 0 Å². The number of benzene rings is 2. The maximum atomic E-state index is 13.7. The van der Waals surface area contributed by atoms with Crippen molar-refractivity contribution >= 4 is 40.7 Å². The number of carbonyl (C=O) groups excluding carboxylic acids is 5. The number of nitrogens with two attached hydrogens (primary N) is 1. The van der Waals surface area contributed by atoms with Gasteiger partial charge in [-0.2, -0.15) is 0 Å². The Labute approximate surface area is 203 Å². The smallest absolute Gasteiger partial charge is 0.235 e. The zero-order chi connectivity index (χ0) is 26.1. The summed E-state index contributed by atoms with van der Waals surface area (Å²) in [5.41, 5.74) is 2.77. The molecule has 10 heteroatoms. The van der Waals surface area contributed by atoms with Crippen LogP contribution in [-0.2, 0) is 19.2 Å². The number of carbonyl (C=O) groups is 5. The summed E-state index contributed by atoms with van der Waals surface area (Å²) in [5.74, 6) is -13.8. The number of ketones is 4. The second-order valence-electron chi connectivity index (χ2n) is 9.32. The van der Waals surface area contributed by atoms with E-state index in [1.807, 2.05) is 0 Å². The van der Waals surface area contributed by atoms with Crippen molar-refractivity contribution in [2.75, 3.05) is 0 Å². The van der Waals surface area contributed by atoms with E-state index in [1.165, 1.54) is 48.5 Å². The summed E-state index contributed by atoms with van der Waals surface area (Å²) in [5, 5.41) is 33.2. The van der Waals surface area contributed by atoms with Crippen molar-refractivity contribution in [1.29, 1.82) is 0 Å². The topological polar surface area (TPSA) is 172 Å². The van der Waals surface area contributed by atoms with Crippen LogP contribution in [0, 0.1) is 29.5 Å². The number of phenolic OH excluding ortho intramolecular Hbond substituents is 1. The van der Waals surface area contributed by atoms with E-state index >= 15 is 0 Å². The zero-order valence-corrected chi connectivity index (χ0v) is 18.6. The maximum Gasteiger partial charge on any atom is 0.235 e. The summed E-state index contributed by atoms with van der Waals surface area (Å²) in [6.07, 6.45) is -0.941. The van der Waals surface area contributed by atoms with Gasteiger partial charge in [-0.05, 0) is 34.9 Å². The Morgan fingerprint density at radius 3 is 2.36 bits per heavy atom. The lowest BCUT2D eigenvalue weighted by atomic mass is 9.51. The van der Waals surface area contributed by atoms with Crippen molar-refractivity contribution in [3.8, 4) is 5.75 Å². The quantitative estimate of drug-likeness (QED) is 0.436. The lowest BCUT2D eigenvalue weighted by molar-refractivity contribution is -0.185. The third kappa shape index (κ3) is 3.11. The summed E-state index contributed by atoms with van der Waals surface area (Å²) in [4.78, 5) is 64.6. The number of primary amides is 1. The summed E-state index contributed by atoms with van der Waals surface area (Å²) < 4.78 is 13.5. The van der Waals surface area contributed by atoms with Gasteiger partial charge in [0.15, 0.2) is 34.7 Å². The number of aliphatic hydroxyl groups is 2. The summed E-state index contributed by atoms with van der Waals surface area (Å²) in [7, 11) is 0. The van der Waals surface area contributed by atoms with Crippen LogP contribution in [0.1, 0.15) is 27.9 Å². The molecular formula is C26H20FNO8. The van der Waals surface area contributed by atoms with Gasteiger partial charge in [0.25, 0.3) is 0 Å². The molecule has 0 heterocycles. The Hall–Kier alpha value is -4.02. The predicted octanol–water partition coefficient (Wildman–Crippen LogP) is 0.435. The molecule has 0 aromatic heterocycles. The largest absolute Gasteiger partial charge is 0.507 e. The number of Topliss-reactive ketones (excluding diaryl/α,β-unsaturated/α-hetero) is 4. The van der Waals surface area contributed by atoms with Crippen molar-refractivity contribution < 1.29 is 43.7 Å². The molecule has 184 valence electrons. The number of phenols is 1. The molecule has 1 amide bonds. The van der Waals surface area contributed by atoms with Gasteiger partial charge < -0.3 is 21.1 Å². The number of halogens is 1. The molecule has 2 saturated carbocycles. The predicted molar refractivity (Wildman–Crippen MR) is 120 cm³/mol. The standard InChI is InChI=1S/C26H20FNO8/c27-11-6-4-10(5-7-11)8-13-12-2-1-3-15(29)17(12)22(32)20-18(13)21(31)14-9-16(30)19(25(28)35)23(33)26(14,36)24(20)34/h1-8,14,18-21,29,31,36H,9H2,(H2,28,35)/t14-,18-,19?,20?,21-,26-/m1/s1. The number of fused-ring (bicyclic) bond motifs is 3. The molecule has 2 unspecified atom stereocenters. The number of hydrogen-bond acceptors (Lipinski definition) is 8. The minimum Gasteiger partial charge on any atom is -0.507 e. The average Bonchev–Trinajstić information content (AvgIpc) is 2.82. The Morgan fingerprint density at radius 1 is 1.06 bits per heavy atom. The molecule has 0 aliphatic heterocycles. The number of aliphatic hydroxyl groups excluding tert-OH is 1. The zero-order valence-electron chi connectivity index (χ0n) is 18.6. The monoisotopic (exact) mass is 493 g/mol. The van der Waals surface area contributed by atoms with Crippen LogP contribution >= 0.6 is 0 Å². The van der Waals surface area contributed by atoms with E-state index < -0.39 is 82.4 Å². The fraction of sp³-hybridized carbons (Fsp3) is 0.269. The highest BCUT2D eigenvalue weighted by molar-refractivity contribution is 6.32. The molecule has 2 aromatic rings. The molecule has 9 nitrogen and oxygen atoms in total. The van der Waals surface area contributed by atoms with E-state index in [2.05, 4.69) is 0 Å². The van der Waals surface area contributed by atoms with Gasteiger partial charge in [-0.1, -0.05) is 30.3 Å². The Balaban J connectivity index is 1.74. The van der Waals surface area contributed by atoms with Gasteiger partial charge in [0.2, 0.25) is 5.91 Å². The second-order valence-corrected chi connectivity index (χ2v) is 9.32. The van der Waals surface area contributed by atoms with Gasteiger partial charge in [0.1, 0.15) is 11.6 Å². The normalized spacial score (nSPS) is 32.6. The molecule has 2 aromatic carbocycles. The molecule has 6 atom stereocenters. The van der Waals surface area contributed by atoms with Crippen molar-refractivity contribution in [2.45, 2.75) is 18.1 Å². The minimum atomic E-state index is -3.01. The van der Waals surface area contributed by atoms with E-state index in [0.29, 0.717) is 5.56 Å². The highest BCUT2D eigenvalue weighted by atomic mass is 19.1. The molecule has 0 saturated heterocycles. The van der Waals surface area contributed by atoms with E-state index in [9.17, 15) is 43.7 Å². The number of rotatable bonds is 2. The second kappa shape index (κ2) is 8.00. The van der Waals surface area contributed by atoms with Crippen LogP contribution in [0.2, 0.25) is 0 Å². The highest BCUT2D eigenvalue weighted by Gasteiger charge is 2.69. The van der Waals surface area contributed by atoms with Crippen molar-refractivity contribution in [3.05, 3.63) is 65.0 Å². The molecule has 3 aliphatic carbocycles. The van der Waals surface area contributed by atoms with Crippen LogP contribution in [-0.4, -0.2) is 56.1 Å². The molecule has 5 rings (SSSR count). The molecule has 36 heavy (non-hydrogen) atoms. The van der Waals surface area contributed by atoms with Crippen LogP contribution in [0.15, 0.2) is 42.5 Å². The SMILES string of the molecule is NC(=O)C1C(=O)C[C@@H]2[C@@H](O)[C@@H]3C(=Cc4ccc(F)cc4)c4cccc(O)c4C(=O)C3C(=O)[C@]2(O)C1=O. The number of hydrogen-bond donors (Lipinski definition) is 4. The lowest BCUT2D eigenvalue weighted by Gasteiger charge is -2.51. The van der Waals surface area contributed by atoms with Crippen LogP contribution in [0.25, 0.3) is 11.6 Å². The maximum absolute atomic E-state index is 13.7. The number of amides is 1. The first-order valence-corrected chi connectivity index (χ1v) is 11.1. The van der Waals surface area contributed by atoms with Gasteiger partial charge >= 0.3 is 0 Å². The Bertz CT molecular complexity index is 1400. The Morgan fingerprint density at radius 2 is 1.72 bits per heavy atom. The summed E-state index contributed by atoms with van der Waals surface area (Å²) in [6, 6.07) is 9.40. The minimum absolute atomic E-state index is 0.200. The van der Waals surface area contributed by atoms with E-state index in [-0.39, 0.29) is 16.7 Å². The average molecular weight is 493 g/mol. The van der Waals surface area contributed by atoms with E-state index in [1.54, 1.807) is 0 Å². The highest BCUT2D eigenvalue weighted by Crippen LogP contribution is 2.54. The summed E-state index contributed by atoms with van der Waals surface area (Å²) >= 11 is 0. The summed E-state index contributed by atoms with van der Waals surface area (Å²) in [6.45, 7) is 0. The third-order valence-electron chi connectivity index (χ3n) is 7.43. The van der Waals surface area contributed by atoms with Crippen LogP contribution in [0.4, 0.5) is 4.39 Å². The fourth-order valence-electron chi connectivity index (χ4n) is 5.77. The molecule has 0 spiro atoms. The molecule has 5 N–H and O–H groups in total. The van der Waals surface area contributed by atoms with Crippen molar-refractivity contribution in [1.82, 2.24) is 0 Å². The van der Waals surface area contributed by atoms with Gasteiger partial charge in [0, 0.05) is 18.3 Å². The fourth-order valence-corrected chi connectivity index (χ4v) is 5.77. The first-order chi connectivity index (χ1) is 17.0. The third-order valence-corrected chi connectivity index (χ3v) is 7.43. The first-order valence-electron chi connectivity index (χ1n) is 11.1. The Kier molecular flexibility index (Phi) is 5.27. The van der Waals surface area contributed by atoms with Crippen LogP contribution in [0.5, 0.6) is 5.75 Å². The molecule has 2 fully saturated rings. The van der Waals surface area contributed by atoms with Gasteiger partial charge in [-0.3, -0.25) is 24.0 Å². The number of aromatic hydroxyl groups is 1. The van der Waals surface area contributed by atoms with E-state index in [0.717, 1.165) is 0 Å². The first kappa shape index (κ1) is 23.7. The molecular weight excluding hydrogens is 473 g/mol. The molecule has 3 aliphatic rings. The molecule has 0 bridgehead atoms. The lowest BCUT2D eigenvalue weighted by Crippen LogP contribution is -2.72. The van der Waals surface area contributed by atoms with Gasteiger partial charge in [0.05, 0.1) is 17.6 Å². The van der Waals surface area contributed by atoms with Crippen molar-refractivity contribution in [3.63, 3.8) is 0 Å². The van der Waals surface area contributed by atoms with Crippen LogP contribution < -0.4 is 5.73 Å². The van der Waals surface area contributed by atoms with Gasteiger partial charge in [-0.25, -0.2) is 4.39 Å². The molecule has 0 radical (unpaired) electrons.